The van der Waals surface area contributed by atoms with Gasteiger partial charge in [0.1, 0.15) is 5.69 Å². The predicted molar refractivity (Wildman–Crippen MR) is 231 cm³/mol. The van der Waals surface area contributed by atoms with Gasteiger partial charge in [-0.15, -0.1) is 0 Å². The number of aryl methyl sites for hydroxylation is 1. The molecule has 2 aromatic heterocycles. The minimum Gasteiger partial charge on any atom is -0.371 e. The van der Waals surface area contributed by atoms with Gasteiger partial charge in [0.05, 0.1) is 16.2 Å². The van der Waals surface area contributed by atoms with Crippen LogP contribution in [0.4, 0.5) is 26.2 Å². The van der Waals surface area contributed by atoms with Gasteiger partial charge >= 0.3 is 6.03 Å². The Hall–Kier alpha value is -6.15. The molecular weight excluding hydrogens is 785 g/mol. The van der Waals surface area contributed by atoms with E-state index >= 15 is 4.39 Å². The maximum Gasteiger partial charge on any atom is 0.328 e. The minimum atomic E-state index is -0.451. The molecule has 0 atom stereocenters. The number of carbonyl (C=O) groups is 4. The molecule has 0 radical (unpaired) electrons. The van der Waals surface area contributed by atoms with Crippen molar-refractivity contribution < 1.29 is 23.6 Å². The van der Waals surface area contributed by atoms with Gasteiger partial charge in [0.25, 0.3) is 5.91 Å². The molecule has 15 heteroatoms. The second kappa shape index (κ2) is 15.8. The number of rotatable bonds is 9. The zero-order chi connectivity index (χ0) is 41.7. The molecule has 0 saturated carbocycles. The Morgan fingerprint density at radius 2 is 1.70 bits per heavy atom. The molecular formula is C45H47ClFN9O4. The lowest BCUT2D eigenvalue weighted by molar-refractivity contribution is -0.131. The maximum absolute atomic E-state index is 16.6. The molecule has 1 spiro atoms. The number of imide groups is 1. The molecule has 4 aliphatic rings. The Labute approximate surface area is 352 Å². The van der Waals surface area contributed by atoms with Gasteiger partial charge in [-0.2, -0.15) is 5.10 Å². The van der Waals surface area contributed by atoms with Crippen LogP contribution in [0, 0.1) is 11.2 Å². The molecule has 5 aromatic rings. The third-order valence-electron chi connectivity index (χ3n) is 12.5. The zero-order valence-corrected chi connectivity index (χ0v) is 34.5. The number of anilines is 3. The monoisotopic (exact) mass is 831 g/mol. The second-order valence-corrected chi connectivity index (χ2v) is 17.0. The van der Waals surface area contributed by atoms with E-state index in [1.807, 2.05) is 42.6 Å². The van der Waals surface area contributed by atoms with E-state index in [4.69, 9.17) is 11.6 Å². The van der Waals surface area contributed by atoms with E-state index in [9.17, 15) is 19.2 Å². The number of nitrogens with zero attached hydrogens (tertiary/aromatic N) is 7. The summed E-state index contributed by atoms with van der Waals surface area (Å²) in [7, 11) is 3.34. The normalized spacial score (nSPS) is 17.8. The SMILES string of the molecule is CN(C)C(=O)c1cc2c(-c3ccc(N4CC5(CCN(c6ccc(N7CCC(=O)NC7=O)c(Cl)c6)CC5)C4)cc3)cc(C3=CCCN(C(=O)CCn4cccn4)C3)c(F)c2[nH]1. The van der Waals surface area contributed by atoms with Crippen molar-refractivity contribution >= 4 is 68.9 Å². The molecule has 3 aromatic carbocycles. The van der Waals surface area contributed by atoms with Crippen molar-refractivity contribution in [1.82, 2.24) is 29.9 Å². The van der Waals surface area contributed by atoms with Gasteiger partial charge in [-0.25, -0.2) is 9.18 Å². The highest BCUT2D eigenvalue weighted by molar-refractivity contribution is 6.34. The van der Waals surface area contributed by atoms with Crippen molar-refractivity contribution in [2.75, 3.05) is 74.6 Å². The van der Waals surface area contributed by atoms with Gasteiger partial charge in [0.2, 0.25) is 11.8 Å². The standard InChI is InChI=1S/C45H47ClFN9O4/c1-51(2)43(59)37-25-35-33(24-34(41(47)42(35)49-37)30-5-3-17-53(26-30)40(58)13-19-55-18-4-16-48-55)29-6-8-31(9-7-29)54-27-45(28-54)14-21-52(22-15-45)32-10-11-38(36(46)23-32)56-20-12-39(57)50-44(56)60/h4-11,16,18,23-25,49H,3,12-15,17,19-22,26-28H2,1-2H3,(H,50,57,60). The first kappa shape index (κ1) is 39.3. The highest BCUT2D eigenvalue weighted by Crippen LogP contribution is 2.45. The van der Waals surface area contributed by atoms with Gasteiger partial charge in [-0.05, 0) is 84.5 Å². The van der Waals surface area contributed by atoms with Crippen molar-refractivity contribution in [3.05, 3.63) is 101 Å². The van der Waals surface area contributed by atoms with E-state index in [0.717, 1.165) is 67.1 Å². The Morgan fingerprint density at radius 1 is 0.933 bits per heavy atom. The smallest absolute Gasteiger partial charge is 0.328 e. The summed E-state index contributed by atoms with van der Waals surface area (Å²) in [6.45, 7) is 5.33. The van der Waals surface area contributed by atoms with Gasteiger partial charge in [-0.3, -0.25) is 29.3 Å². The number of amides is 5. The van der Waals surface area contributed by atoms with Crippen LogP contribution in [-0.4, -0.2) is 108 Å². The van der Waals surface area contributed by atoms with Gasteiger partial charge in [-0.1, -0.05) is 29.8 Å². The summed E-state index contributed by atoms with van der Waals surface area (Å²) < 4.78 is 18.3. The summed E-state index contributed by atoms with van der Waals surface area (Å²) in [5.74, 6) is -0.976. The molecule has 5 amide bonds. The van der Waals surface area contributed by atoms with Crippen LogP contribution < -0.4 is 20.0 Å². The molecule has 6 heterocycles. The summed E-state index contributed by atoms with van der Waals surface area (Å²) in [6.07, 6.45) is 8.77. The van der Waals surface area contributed by atoms with Crippen molar-refractivity contribution in [2.24, 2.45) is 5.41 Å². The van der Waals surface area contributed by atoms with E-state index in [1.165, 1.54) is 9.80 Å². The van der Waals surface area contributed by atoms with Crippen LogP contribution in [-0.2, 0) is 16.1 Å². The number of hydrogen-bond donors (Lipinski definition) is 2. The maximum atomic E-state index is 16.6. The lowest BCUT2D eigenvalue weighted by atomic mass is 9.71. The number of hydrogen-bond acceptors (Lipinski definition) is 7. The van der Waals surface area contributed by atoms with Crippen LogP contribution in [0.3, 0.4) is 0 Å². The van der Waals surface area contributed by atoms with E-state index in [1.54, 1.807) is 35.9 Å². The highest BCUT2D eigenvalue weighted by Gasteiger charge is 2.45. The fourth-order valence-electron chi connectivity index (χ4n) is 9.10. The summed E-state index contributed by atoms with van der Waals surface area (Å²) >= 11 is 6.67. The molecule has 0 aliphatic carbocycles. The molecule has 9 rings (SSSR count). The Kier molecular flexibility index (Phi) is 10.3. The fraction of sp³-hybridized carbons (Fsp3) is 0.356. The summed E-state index contributed by atoms with van der Waals surface area (Å²) in [4.78, 5) is 62.9. The highest BCUT2D eigenvalue weighted by atomic mass is 35.5. The van der Waals surface area contributed by atoms with Crippen LogP contribution in [0.1, 0.15) is 48.2 Å². The first-order valence-corrected chi connectivity index (χ1v) is 20.9. The lowest BCUT2D eigenvalue weighted by Crippen LogP contribution is -2.60. The molecule has 2 N–H and O–H groups in total. The summed E-state index contributed by atoms with van der Waals surface area (Å²) in [5.41, 5.74) is 6.39. The minimum absolute atomic E-state index is 0.00721. The number of piperidine rings is 1. The topological polar surface area (TPSA) is 130 Å². The molecule has 310 valence electrons. The van der Waals surface area contributed by atoms with Gasteiger partial charge in [0.15, 0.2) is 5.82 Å². The Morgan fingerprint density at radius 3 is 2.40 bits per heavy atom. The largest absolute Gasteiger partial charge is 0.371 e. The molecule has 3 saturated heterocycles. The number of aromatic amines is 1. The third kappa shape index (κ3) is 7.48. The van der Waals surface area contributed by atoms with Gasteiger partial charge in [0, 0.05) is 119 Å². The molecule has 60 heavy (non-hydrogen) atoms. The van der Waals surface area contributed by atoms with Crippen LogP contribution >= 0.6 is 11.6 Å². The van der Waals surface area contributed by atoms with Gasteiger partial charge < -0.3 is 24.6 Å². The quantitative estimate of drug-likeness (QED) is 0.168. The Balaban J connectivity index is 0.893. The summed E-state index contributed by atoms with van der Waals surface area (Å²) in [5, 5.41) is 7.66. The molecule has 3 fully saturated rings. The number of carbonyl (C=O) groups excluding carboxylic acids is 4. The Bertz CT molecular complexity index is 2520. The van der Waals surface area contributed by atoms with Crippen LogP contribution in [0.5, 0.6) is 0 Å². The number of urea groups is 1. The van der Waals surface area contributed by atoms with Crippen molar-refractivity contribution in [3.8, 4) is 11.1 Å². The number of halogens is 2. The summed E-state index contributed by atoms with van der Waals surface area (Å²) in [6, 6.07) is 19.1. The van der Waals surface area contributed by atoms with Crippen LogP contribution in [0.25, 0.3) is 27.6 Å². The molecule has 0 unspecified atom stereocenters. The van der Waals surface area contributed by atoms with E-state index in [2.05, 4.69) is 49.5 Å². The lowest BCUT2D eigenvalue weighted by Gasteiger charge is -2.55. The fourth-order valence-corrected chi connectivity index (χ4v) is 9.38. The number of fused-ring (bicyclic) bond motifs is 1. The average Bonchev–Trinajstić information content (AvgIpc) is 3.94. The average molecular weight is 832 g/mol. The third-order valence-corrected chi connectivity index (χ3v) is 12.8. The van der Waals surface area contributed by atoms with Crippen LogP contribution in [0.15, 0.2) is 79.1 Å². The molecule has 13 nitrogen and oxygen atoms in total. The molecule has 0 bridgehead atoms. The van der Waals surface area contributed by atoms with Crippen molar-refractivity contribution in [1.29, 1.82) is 0 Å². The number of nitrogens with one attached hydrogen (secondary N) is 2. The zero-order valence-electron chi connectivity index (χ0n) is 33.7. The molecule has 4 aliphatic heterocycles. The first-order chi connectivity index (χ1) is 28.9. The van der Waals surface area contributed by atoms with Crippen LogP contribution in [0.2, 0.25) is 5.02 Å². The van der Waals surface area contributed by atoms with E-state index < -0.39 is 11.8 Å². The van der Waals surface area contributed by atoms with Crippen molar-refractivity contribution in [2.45, 2.75) is 38.6 Å². The van der Waals surface area contributed by atoms with Crippen molar-refractivity contribution in [3.63, 3.8) is 0 Å². The van der Waals surface area contributed by atoms with E-state index in [0.29, 0.717) is 66.4 Å². The predicted octanol–water partition coefficient (Wildman–Crippen LogP) is 6.78. The number of benzene rings is 3. The van der Waals surface area contributed by atoms with E-state index in [-0.39, 0.29) is 35.1 Å². The number of H-pyrrole nitrogens is 1. The second-order valence-electron chi connectivity index (χ2n) is 16.6. The number of aromatic nitrogens is 3. The first-order valence-electron chi connectivity index (χ1n) is 20.5.